The maximum absolute atomic E-state index is 6.11. The van der Waals surface area contributed by atoms with Gasteiger partial charge in [-0.15, -0.1) is 0 Å². The molecule has 0 saturated carbocycles. The van der Waals surface area contributed by atoms with E-state index in [0.717, 1.165) is 26.1 Å². The molecule has 0 aliphatic carbocycles. The Morgan fingerprint density at radius 2 is 2.31 bits per heavy atom. The number of nitrogens with one attached hydrogen (secondary N) is 1. The second-order valence-electron chi connectivity index (χ2n) is 4.98. The van der Waals surface area contributed by atoms with Crippen LogP contribution in [0.25, 0.3) is 0 Å². The second kappa shape index (κ2) is 4.18. The molecule has 4 nitrogen and oxygen atoms in total. The minimum atomic E-state index is 0.201. The first-order chi connectivity index (χ1) is 7.86. The summed E-state index contributed by atoms with van der Waals surface area (Å²) in [7, 11) is 0. The Hall–Kier alpha value is -0.870. The largest absolute Gasteiger partial charge is 0.330 e. The third-order valence-corrected chi connectivity index (χ3v) is 3.86. The molecule has 0 bridgehead atoms. The number of hydrogen-bond acceptors (Lipinski definition) is 3. The van der Waals surface area contributed by atoms with E-state index in [4.69, 9.17) is 5.73 Å². The molecule has 0 aromatic carbocycles. The van der Waals surface area contributed by atoms with Gasteiger partial charge in [0.15, 0.2) is 0 Å². The van der Waals surface area contributed by atoms with Crippen molar-refractivity contribution in [2.75, 3.05) is 13.1 Å². The molecular formula is C12H20N4. The molecule has 2 aliphatic rings. The molecule has 2 unspecified atom stereocenters. The summed E-state index contributed by atoms with van der Waals surface area (Å²) in [5, 5.41) is 3.46. The molecule has 3 rings (SSSR count). The first kappa shape index (κ1) is 10.3. The molecule has 2 atom stereocenters. The molecule has 4 heteroatoms. The summed E-state index contributed by atoms with van der Waals surface area (Å²) in [4.78, 5) is 4.61. The van der Waals surface area contributed by atoms with Crippen molar-refractivity contribution in [3.05, 3.63) is 17.7 Å². The van der Waals surface area contributed by atoms with E-state index < -0.39 is 0 Å². The van der Waals surface area contributed by atoms with E-state index in [1.807, 2.05) is 6.20 Å². The summed E-state index contributed by atoms with van der Waals surface area (Å²) in [5.74, 6) is 1.85. The lowest BCUT2D eigenvalue weighted by molar-refractivity contribution is 0.402. The van der Waals surface area contributed by atoms with Crippen LogP contribution in [0.4, 0.5) is 0 Å². The predicted molar refractivity (Wildman–Crippen MR) is 63.2 cm³/mol. The molecule has 1 saturated heterocycles. The molecule has 1 aromatic heterocycles. The third-order valence-electron chi connectivity index (χ3n) is 3.86. The minimum absolute atomic E-state index is 0.201. The topological polar surface area (TPSA) is 55.9 Å². The van der Waals surface area contributed by atoms with Crippen LogP contribution in [-0.4, -0.2) is 22.6 Å². The molecule has 0 spiro atoms. The van der Waals surface area contributed by atoms with Crippen molar-refractivity contribution < 1.29 is 0 Å². The number of aromatic nitrogens is 2. The van der Waals surface area contributed by atoms with Crippen molar-refractivity contribution in [2.24, 2.45) is 5.73 Å². The van der Waals surface area contributed by atoms with Crippen molar-refractivity contribution in [1.29, 1.82) is 0 Å². The van der Waals surface area contributed by atoms with E-state index >= 15 is 0 Å². The average molecular weight is 220 g/mol. The average Bonchev–Trinajstić information content (AvgIpc) is 2.75. The smallest absolute Gasteiger partial charge is 0.113 e. The molecule has 1 fully saturated rings. The van der Waals surface area contributed by atoms with Crippen LogP contribution in [0.1, 0.15) is 49.2 Å². The number of nitrogens with two attached hydrogens (primary N) is 1. The Kier molecular flexibility index (Phi) is 2.69. The van der Waals surface area contributed by atoms with Gasteiger partial charge in [-0.1, -0.05) is 0 Å². The fraction of sp³-hybridized carbons (Fsp3) is 0.750. The van der Waals surface area contributed by atoms with E-state index in [-0.39, 0.29) is 6.04 Å². The van der Waals surface area contributed by atoms with Gasteiger partial charge in [0.1, 0.15) is 5.82 Å². The van der Waals surface area contributed by atoms with Gasteiger partial charge in [-0.05, 0) is 32.2 Å². The van der Waals surface area contributed by atoms with Crippen molar-refractivity contribution in [3.63, 3.8) is 0 Å². The molecule has 3 N–H and O–H groups in total. The number of piperidine rings is 1. The van der Waals surface area contributed by atoms with Gasteiger partial charge >= 0.3 is 0 Å². The maximum atomic E-state index is 6.11. The lowest BCUT2D eigenvalue weighted by Gasteiger charge is -2.27. The SMILES string of the molecule is NC1CCCn2c1cnc2C1CCCNC1. The van der Waals surface area contributed by atoms with Gasteiger partial charge in [0.25, 0.3) is 0 Å². The van der Waals surface area contributed by atoms with E-state index in [9.17, 15) is 0 Å². The molecule has 0 radical (unpaired) electrons. The van der Waals surface area contributed by atoms with Crippen LogP contribution >= 0.6 is 0 Å². The number of rotatable bonds is 1. The molecule has 16 heavy (non-hydrogen) atoms. The highest BCUT2D eigenvalue weighted by Gasteiger charge is 2.25. The fourth-order valence-corrected chi connectivity index (χ4v) is 2.96. The highest BCUT2D eigenvalue weighted by Crippen LogP contribution is 2.29. The quantitative estimate of drug-likeness (QED) is 0.746. The molecule has 1 aromatic rings. The molecule has 3 heterocycles. The Labute approximate surface area is 96.2 Å². The highest BCUT2D eigenvalue weighted by molar-refractivity contribution is 5.15. The van der Waals surface area contributed by atoms with Crippen LogP contribution in [0.2, 0.25) is 0 Å². The van der Waals surface area contributed by atoms with Crippen LogP contribution in [0.5, 0.6) is 0 Å². The van der Waals surface area contributed by atoms with Gasteiger partial charge in [-0.3, -0.25) is 0 Å². The number of imidazole rings is 1. The summed E-state index contributed by atoms with van der Waals surface area (Å²) in [6.07, 6.45) is 6.82. The lowest BCUT2D eigenvalue weighted by Crippen LogP contribution is -2.31. The van der Waals surface area contributed by atoms with E-state index in [2.05, 4.69) is 14.9 Å². The van der Waals surface area contributed by atoms with Crippen LogP contribution in [-0.2, 0) is 6.54 Å². The molecular weight excluding hydrogens is 200 g/mol. The monoisotopic (exact) mass is 220 g/mol. The summed E-state index contributed by atoms with van der Waals surface area (Å²) < 4.78 is 2.37. The summed E-state index contributed by atoms with van der Waals surface area (Å²) in [6.45, 7) is 3.34. The first-order valence-corrected chi connectivity index (χ1v) is 6.38. The maximum Gasteiger partial charge on any atom is 0.113 e. The van der Waals surface area contributed by atoms with Crippen LogP contribution < -0.4 is 11.1 Å². The Morgan fingerprint density at radius 1 is 1.38 bits per heavy atom. The Bertz CT molecular complexity index is 365. The van der Waals surface area contributed by atoms with E-state index in [1.54, 1.807) is 0 Å². The summed E-state index contributed by atoms with van der Waals surface area (Å²) >= 11 is 0. The number of fused-ring (bicyclic) bond motifs is 1. The van der Waals surface area contributed by atoms with Crippen LogP contribution in [0, 0.1) is 0 Å². The molecule has 0 amide bonds. The minimum Gasteiger partial charge on any atom is -0.330 e. The van der Waals surface area contributed by atoms with Gasteiger partial charge < -0.3 is 15.6 Å². The zero-order valence-corrected chi connectivity index (χ0v) is 9.65. The number of nitrogens with zero attached hydrogens (tertiary/aromatic N) is 2. The van der Waals surface area contributed by atoms with Crippen molar-refractivity contribution in [3.8, 4) is 0 Å². The molecule has 2 aliphatic heterocycles. The fourth-order valence-electron chi connectivity index (χ4n) is 2.96. The van der Waals surface area contributed by atoms with Crippen molar-refractivity contribution in [2.45, 2.75) is 44.2 Å². The lowest BCUT2D eigenvalue weighted by atomic mass is 9.98. The zero-order valence-electron chi connectivity index (χ0n) is 9.65. The van der Waals surface area contributed by atoms with Crippen LogP contribution in [0.15, 0.2) is 6.20 Å². The van der Waals surface area contributed by atoms with Gasteiger partial charge in [-0.2, -0.15) is 0 Å². The third kappa shape index (κ3) is 1.66. The summed E-state index contributed by atoms with van der Waals surface area (Å²) in [5.41, 5.74) is 7.36. The Balaban J connectivity index is 1.89. The number of hydrogen-bond donors (Lipinski definition) is 2. The van der Waals surface area contributed by atoms with E-state index in [0.29, 0.717) is 5.92 Å². The van der Waals surface area contributed by atoms with Gasteiger partial charge in [0, 0.05) is 25.0 Å². The predicted octanol–water partition coefficient (Wildman–Crippen LogP) is 1.14. The zero-order chi connectivity index (χ0) is 11.0. The van der Waals surface area contributed by atoms with Crippen molar-refractivity contribution >= 4 is 0 Å². The van der Waals surface area contributed by atoms with Gasteiger partial charge in [-0.25, -0.2) is 4.98 Å². The van der Waals surface area contributed by atoms with Crippen LogP contribution in [0.3, 0.4) is 0 Å². The van der Waals surface area contributed by atoms with Crippen molar-refractivity contribution in [1.82, 2.24) is 14.9 Å². The molecule has 88 valence electrons. The second-order valence-corrected chi connectivity index (χ2v) is 4.98. The van der Waals surface area contributed by atoms with Gasteiger partial charge in [0.2, 0.25) is 0 Å². The normalized spacial score (nSPS) is 30.1. The Morgan fingerprint density at radius 3 is 3.12 bits per heavy atom. The standard InChI is InChI=1S/C12H20N4/c13-10-4-2-6-16-11(10)8-15-12(16)9-3-1-5-14-7-9/h8-10,14H,1-7,13H2. The highest BCUT2D eigenvalue weighted by atomic mass is 15.1. The first-order valence-electron chi connectivity index (χ1n) is 6.38. The van der Waals surface area contributed by atoms with E-state index in [1.165, 1.54) is 30.8 Å². The van der Waals surface area contributed by atoms with Gasteiger partial charge in [0.05, 0.1) is 11.9 Å². The summed E-state index contributed by atoms with van der Waals surface area (Å²) in [6, 6.07) is 0.201.